The minimum absolute atomic E-state index is 0.0846. The zero-order valence-electron chi connectivity index (χ0n) is 11.2. The fourth-order valence-electron chi connectivity index (χ4n) is 2.26. The molecule has 6 heteroatoms. The van der Waals surface area contributed by atoms with Gasteiger partial charge in [0.15, 0.2) is 0 Å². The molecule has 1 aromatic carbocycles. The van der Waals surface area contributed by atoms with Crippen LogP contribution in [0.2, 0.25) is 0 Å². The molecular weight excluding hydrogens is 278 g/mol. The summed E-state index contributed by atoms with van der Waals surface area (Å²) in [4.78, 5) is 11.0. The Morgan fingerprint density at radius 3 is 2.55 bits per heavy atom. The van der Waals surface area contributed by atoms with Crippen LogP contribution in [0.3, 0.4) is 0 Å². The number of carbonyl (C=O) groups is 1. The molecule has 1 aliphatic rings. The Kier molecular flexibility index (Phi) is 3.96. The lowest BCUT2D eigenvalue weighted by Crippen LogP contribution is -2.29. The van der Waals surface area contributed by atoms with E-state index < -0.39 is 16.0 Å². The molecule has 0 aliphatic carbocycles. The molecule has 1 fully saturated rings. The first-order valence-corrected chi connectivity index (χ1v) is 7.71. The Bertz CT molecular complexity index is 634. The maximum atomic E-state index is 12.5. The molecule has 0 bridgehead atoms. The van der Waals surface area contributed by atoms with Gasteiger partial charge in [-0.3, -0.25) is 4.79 Å². The number of aliphatic carboxylic acids is 1. The van der Waals surface area contributed by atoms with Crippen LogP contribution in [-0.4, -0.2) is 36.9 Å². The SMILES string of the molecule is C=C1CN(S(=O)(=O)c2ccc(C)cc2)CC1CC(=O)O. The zero-order chi connectivity index (χ0) is 14.9. The molecule has 108 valence electrons. The molecule has 1 atom stereocenters. The van der Waals surface area contributed by atoms with Gasteiger partial charge in [-0.15, -0.1) is 0 Å². The minimum Gasteiger partial charge on any atom is -0.481 e. The maximum Gasteiger partial charge on any atom is 0.304 e. The van der Waals surface area contributed by atoms with Gasteiger partial charge in [0.2, 0.25) is 10.0 Å². The first kappa shape index (κ1) is 14.7. The molecule has 1 heterocycles. The molecule has 1 aliphatic heterocycles. The number of carboxylic acid groups (broad SMARTS) is 1. The van der Waals surface area contributed by atoms with Crippen molar-refractivity contribution >= 4 is 16.0 Å². The van der Waals surface area contributed by atoms with Gasteiger partial charge in [0.05, 0.1) is 11.3 Å². The summed E-state index contributed by atoms with van der Waals surface area (Å²) in [5, 5.41) is 8.82. The quantitative estimate of drug-likeness (QED) is 0.857. The molecular formula is C14H17NO4S. The second-order valence-corrected chi connectivity index (χ2v) is 7.00. The van der Waals surface area contributed by atoms with E-state index >= 15 is 0 Å². The standard InChI is InChI=1S/C14H17NO4S/c1-10-3-5-13(6-4-10)20(18,19)15-8-11(2)12(9-15)7-14(16)17/h3-6,12H,2,7-9H2,1H3,(H,16,17). The molecule has 5 nitrogen and oxygen atoms in total. The third kappa shape index (κ3) is 2.91. The molecule has 2 rings (SSSR count). The minimum atomic E-state index is -3.58. The summed E-state index contributed by atoms with van der Waals surface area (Å²) in [6.45, 7) is 6.05. The predicted octanol–water partition coefficient (Wildman–Crippen LogP) is 1.65. The average Bonchev–Trinajstić information content (AvgIpc) is 2.71. The first-order valence-electron chi connectivity index (χ1n) is 6.27. The van der Waals surface area contributed by atoms with Crippen LogP contribution in [0.1, 0.15) is 12.0 Å². The lowest BCUT2D eigenvalue weighted by Gasteiger charge is -2.16. The van der Waals surface area contributed by atoms with Crippen LogP contribution >= 0.6 is 0 Å². The number of aryl methyl sites for hydroxylation is 1. The molecule has 0 spiro atoms. The Labute approximate surface area is 118 Å². The largest absolute Gasteiger partial charge is 0.481 e. The number of benzene rings is 1. The van der Waals surface area contributed by atoms with Gasteiger partial charge in [-0.25, -0.2) is 8.42 Å². The highest BCUT2D eigenvalue weighted by atomic mass is 32.2. The summed E-state index contributed by atoms with van der Waals surface area (Å²) in [5.41, 5.74) is 1.64. The zero-order valence-corrected chi connectivity index (χ0v) is 12.1. The third-order valence-corrected chi connectivity index (χ3v) is 5.29. The molecule has 0 radical (unpaired) electrons. The monoisotopic (exact) mass is 295 g/mol. The number of sulfonamides is 1. The Morgan fingerprint density at radius 1 is 1.40 bits per heavy atom. The van der Waals surface area contributed by atoms with Crippen LogP contribution in [0.5, 0.6) is 0 Å². The highest BCUT2D eigenvalue weighted by Gasteiger charge is 2.35. The smallest absolute Gasteiger partial charge is 0.304 e. The summed E-state index contributed by atoms with van der Waals surface area (Å²) >= 11 is 0. The summed E-state index contributed by atoms with van der Waals surface area (Å²) in [6.07, 6.45) is -0.0846. The van der Waals surface area contributed by atoms with Crippen molar-refractivity contribution in [3.05, 3.63) is 42.0 Å². The lowest BCUT2D eigenvalue weighted by atomic mass is 10.0. The Hall–Kier alpha value is -1.66. The molecule has 1 N–H and O–H groups in total. The summed E-state index contributed by atoms with van der Waals surface area (Å²) in [5.74, 6) is -1.25. The number of hydrogen-bond acceptors (Lipinski definition) is 3. The van der Waals surface area contributed by atoms with E-state index in [0.717, 1.165) is 5.56 Å². The van der Waals surface area contributed by atoms with Crippen LogP contribution < -0.4 is 0 Å². The van der Waals surface area contributed by atoms with Crippen molar-refractivity contribution in [3.8, 4) is 0 Å². The van der Waals surface area contributed by atoms with Crippen LogP contribution in [0.4, 0.5) is 0 Å². The summed E-state index contributed by atoms with van der Waals surface area (Å²) in [7, 11) is -3.58. The van der Waals surface area contributed by atoms with Crippen LogP contribution in [-0.2, 0) is 14.8 Å². The van der Waals surface area contributed by atoms with E-state index in [1.807, 2.05) is 6.92 Å². The molecule has 1 unspecified atom stereocenters. The lowest BCUT2D eigenvalue weighted by molar-refractivity contribution is -0.137. The van der Waals surface area contributed by atoms with Gasteiger partial charge >= 0.3 is 5.97 Å². The van der Waals surface area contributed by atoms with E-state index in [4.69, 9.17) is 5.11 Å². The van der Waals surface area contributed by atoms with Crippen LogP contribution in [0, 0.1) is 12.8 Å². The van der Waals surface area contributed by atoms with E-state index in [-0.39, 0.29) is 30.3 Å². The van der Waals surface area contributed by atoms with Crippen LogP contribution in [0.15, 0.2) is 41.3 Å². The van der Waals surface area contributed by atoms with Gasteiger partial charge in [0.25, 0.3) is 0 Å². The van der Waals surface area contributed by atoms with Gasteiger partial charge in [-0.1, -0.05) is 29.8 Å². The average molecular weight is 295 g/mol. The molecule has 20 heavy (non-hydrogen) atoms. The molecule has 0 saturated carbocycles. The van der Waals surface area contributed by atoms with Gasteiger partial charge in [0.1, 0.15) is 0 Å². The predicted molar refractivity (Wildman–Crippen MR) is 74.8 cm³/mol. The second kappa shape index (κ2) is 5.38. The topological polar surface area (TPSA) is 74.7 Å². The van der Waals surface area contributed by atoms with Gasteiger partial charge in [-0.05, 0) is 19.1 Å². The number of carboxylic acids is 1. The molecule has 1 aromatic rings. The number of nitrogens with zero attached hydrogens (tertiary/aromatic N) is 1. The van der Waals surface area contributed by atoms with Crippen molar-refractivity contribution in [1.82, 2.24) is 4.31 Å². The first-order chi connectivity index (χ1) is 9.30. The third-order valence-electron chi connectivity index (χ3n) is 3.46. The molecule has 0 amide bonds. The van der Waals surface area contributed by atoms with Crippen molar-refractivity contribution in [2.75, 3.05) is 13.1 Å². The second-order valence-electron chi connectivity index (χ2n) is 5.06. The van der Waals surface area contributed by atoms with Crippen molar-refractivity contribution in [3.63, 3.8) is 0 Å². The van der Waals surface area contributed by atoms with Crippen LogP contribution in [0.25, 0.3) is 0 Å². The van der Waals surface area contributed by atoms with Gasteiger partial charge < -0.3 is 5.11 Å². The fourth-order valence-corrected chi connectivity index (χ4v) is 3.75. The normalized spacial score (nSPS) is 20.2. The molecule has 1 saturated heterocycles. The number of rotatable bonds is 4. The highest BCUT2D eigenvalue weighted by Crippen LogP contribution is 2.29. The van der Waals surface area contributed by atoms with Crippen molar-refractivity contribution < 1.29 is 18.3 Å². The van der Waals surface area contributed by atoms with E-state index in [1.54, 1.807) is 24.3 Å². The Balaban J connectivity index is 2.21. The van der Waals surface area contributed by atoms with E-state index in [0.29, 0.717) is 5.57 Å². The van der Waals surface area contributed by atoms with Crippen molar-refractivity contribution in [2.24, 2.45) is 5.92 Å². The van der Waals surface area contributed by atoms with E-state index in [9.17, 15) is 13.2 Å². The van der Waals surface area contributed by atoms with Crippen molar-refractivity contribution in [1.29, 1.82) is 0 Å². The molecule has 0 aromatic heterocycles. The highest BCUT2D eigenvalue weighted by molar-refractivity contribution is 7.89. The van der Waals surface area contributed by atoms with Gasteiger partial charge in [0, 0.05) is 19.0 Å². The van der Waals surface area contributed by atoms with Gasteiger partial charge in [-0.2, -0.15) is 4.31 Å². The Morgan fingerprint density at radius 2 is 2.00 bits per heavy atom. The van der Waals surface area contributed by atoms with Crippen molar-refractivity contribution in [2.45, 2.75) is 18.2 Å². The van der Waals surface area contributed by atoms with E-state index in [2.05, 4.69) is 6.58 Å². The van der Waals surface area contributed by atoms with E-state index in [1.165, 1.54) is 4.31 Å². The summed E-state index contributed by atoms with van der Waals surface area (Å²) in [6, 6.07) is 6.62. The fraction of sp³-hybridized carbons (Fsp3) is 0.357. The number of hydrogen-bond donors (Lipinski definition) is 1. The summed E-state index contributed by atoms with van der Waals surface area (Å²) < 4.78 is 26.2. The maximum absolute atomic E-state index is 12.5.